The Morgan fingerprint density at radius 3 is 3.08 bits per heavy atom. The van der Waals surface area contributed by atoms with E-state index in [4.69, 9.17) is 9.52 Å². The van der Waals surface area contributed by atoms with Gasteiger partial charge >= 0.3 is 0 Å². The van der Waals surface area contributed by atoms with Crippen LogP contribution in [0.4, 0.5) is 0 Å². The van der Waals surface area contributed by atoms with Gasteiger partial charge in [-0.25, -0.2) is 4.98 Å². The zero-order valence-electron chi connectivity index (χ0n) is 6.88. The molecule has 0 fully saturated rings. The molecule has 0 atom stereocenters. The van der Waals surface area contributed by atoms with Gasteiger partial charge in [0.2, 0.25) is 11.6 Å². The van der Waals surface area contributed by atoms with E-state index in [1.54, 1.807) is 7.05 Å². The third-order valence-corrected chi connectivity index (χ3v) is 1.50. The molecule has 0 aliphatic carbocycles. The first kappa shape index (κ1) is 7.87. The van der Waals surface area contributed by atoms with E-state index in [9.17, 15) is 0 Å². The SMILES string of the molecule is Cn1nnc(-c2ocnc2CO)n1. The quantitative estimate of drug-likeness (QED) is 0.662. The molecule has 0 amide bonds. The Kier molecular flexibility index (Phi) is 1.78. The van der Waals surface area contributed by atoms with Crippen LogP contribution in [0.15, 0.2) is 10.8 Å². The largest absolute Gasteiger partial charge is 0.440 e. The molecular weight excluding hydrogens is 174 g/mol. The van der Waals surface area contributed by atoms with E-state index in [0.717, 1.165) is 0 Å². The Morgan fingerprint density at radius 1 is 1.62 bits per heavy atom. The van der Waals surface area contributed by atoms with E-state index in [1.165, 1.54) is 11.2 Å². The maximum Gasteiger partial charge on any atom is 0.242 e. The minimum atomic E-state index is -0.204. The first-order valence-corrected chi connectivity index (χ1v) is 3.59. The Hall–Kier alpha value is -1.76. The van der Waals surface area contributed by atoms with Gasteiger partial charge in [-0.15, -0.1) is 10.2 Å². The molecule has 0 spiro atoms. The summed E-state index contributed by atoms with van der Waals surface area (Å²) in [5.41, 5.74) is 0.410. The smallest absolute Gasteiger partial charge is 0.242 e. The highest BCUT2D eigenvalue weighted by Crippen LogP contribution is 2.17. The summed E-state index contributed by atoms with van der Waals surface area (Å²) in [5.74, 6) is 0.680. The highest BCUT2D eigenvalue weighted by atomic mass is 16.3. The van der Waals surface area contributed by atoms with Crippen LogP contribution in [0.2, 0.25) is 0 Å². The molecule has 0 saturated carbocycles. The second kappa shape index (κ2) is 2.94. The van der Waals surface area contributed by atoms with Crippen molar-refractivity contribution in [3.8, 4) is 11.6 Å². The van der Waals surface area contributed by atoms with Crippen molar-refractivity contribution in [3.63, 3.8) is 0 Å². The van der Waals surface area contributed by atoms with Gasteiger partial charge < -0.3 is 9.52 Å². The van der Waals surface area contributed by atoms with Gasteiger partial charge in [0.1, 0.15) is 5.69 Å². The predicted octanol–water partition coefficient (Wildman–Crippen LogP) is -0.643. The number of aliphatic hydroxyl groups excluding tert-OH is 1. The van der Waals surface area contributed by atoms with Gasteiger partial charge in [-0.2, -0.15) is 4.80 Å². The molecule has 0 unspecified atom stereocenters. The van der Waals surface area contributed by atoms with Crippen LogP contribution in [0, 0.1) is 0 Å². The van der Waals surface area contributed by atoms with Crippen molar-refractivity contribution < 1.29 is 9.52 Å². The number of nitrogens with zero attached hydrogens (tertiary/aromatic N) is 5. The van der Waals surface area contributed by atoms with Gasteiger partial charge in [0.05, 0.1) is 13.7 Å². The van der Waals surface area contributed by atoms with Crippen molar-refractivity contribution >= 4 is 0 Å². The normalized spacial score (nSPS) is 10.6. The monoisotopic (exact) mass is 181 g/mol. The zero-order valence-corrected chi connectivity index (χ0v) is 6.88. The molecule has 2 rings (SSSR count). The Bertz CT molecular complexity index is 407. The highest BCUT2D eigenvalue weighted by molar-refractivity contribution is 5.47. The standard InChI is InChI=1S/C6H7N5O2/c1-11-9-6(8-10-11)5-4(2-12)7-3-13-5/h3,12H,2H2,1H3. The summed E-state index contributed by atoms with van der Waals surface area (Å²) in [6, 6.07) is 0. The van der Waals surface area contributed by atoms with E-state index < -0.39 is 0 Å². The van der Waals surface area contributed by atoms with Crippen molar-refractivity contribution in [2.24, 2.45) is 7.05 Å². The topological polar surface area (TPSA) is 89.9 Å². The molecule has 2 aromatic rings. The predicted molar refractivity (Wildman–Crippen MR) is 40.2 cm³/mol. The zero-order chi connectivity index (χ0) is 9.26. The third-order valence-electron chi connectivity index (χ3n) is 1.50. The third kappa shape index (κ3) is 1.29. The molecule has 7 nitrogen and oxygen atoms in total. The van der Waals surface area contributed by atoms with Crippen molar-refractivity contribution in [2.45, 2.75) is 6.61 Å². The lowest BCUT2D eigenvalue weighted by atomic mass is 10.3. The maximum absolute atomic E-state index is 8.87. The van der Waals surface area contributed by atoms with Crippen LogP contribution in [0.1, 0.15) is 5.69 Å². The molecule has 0 saturated heterocycles. The minimum Gasteiger partial charge on any atom is -0.440 e. The molecule has 0 aromatic carbocycles. The molecule has 68 valence electrons. The van der Waals surface area contributed by atoms with E-state index in [2.05, 4.69) is 20.4 Å². The average molecular weight is 181 g/mol. The van der Waals surface area contributed by atoms with Crippen LogP contribution in [0.25, 0.3) is 11.6 Å². The average Bonchev–Trinajstić information content (AvgIpc) is 2.71. The lowest BCUT2D eigenvalue weighted by molar-refractivity contribution is 0.277. The van der Waals surface area contributed by atoms with Gasteiger partial charge in [-0.3, -0.25) is 0 Å². The maximum atomic E-state index is 8.87. The summed E-state index contributed by atoms with van der Waals surface area (Å²) in [4.78, 5) is 5.09. The fraction of sp³-hybridized carbons (Fsp3) is 0.333. The molecular formula is C6H7N5O2. The van der Waals surface area contributed by atoms with Gasteiger partial charge in [0.25, 0.3) is 0 Å². The second-order valence-corrected chi connectivity index (χ2v) is 2.39. The molecule has 0 radical (unpaired) electrons. The second-order valence-electron chi connectivity index (χ2n) is 2.39. The molecule has 2 aromatic heterocycles. The van der Waals surface area contributed by atoms with Gasteiger partial charge in [0, 0.05) is 0 Å². The number of rotatable bonds is 2. The molecule has 13 heavy (non-hydrogen) atoms. The van der Waals surface area contributed by atoms with Gasteiger partial charge in [-0.1, -0.05) is 0 Å². The van der Waals surface area contributed by atoms with Crippen molar-refractivity contribution in [2.75, 3.05) is 0 Å². The summed E-state index contributed by atoms with van der Waals surface area (Å²) >= 11 is 0. The van der Waals surface area contributed by atoms with Crippen LogP contribution in [0.3, 0.4) is 0 Å². The van der Waals surface area contributed by atoms with Crippen LogP contribution in [-0.4, -0.2) is 30.3 Å². The molecule has 2 heterocycles. The Labute approximate surface area is 73.0 Å². The summed E-state index contributed by atoms with van der Waals surface area (Å²) in [7, 11) is 1.64. The number of oxazole rings is 1. The number of hydrogen-bond donors (Lipinski definition) is 1. The van der Waals surface area contributed by atoms with Crippen molar-refractivity contribution in [1.82, 2.24) is 25.2 Å². The van der Waals surface area contributed by atoms with Crippen molar-refractivity contribution in [3.05, 3.63) is 12.1 Å². The molecule has 7 heteroatoms. The molecule has 0 bridgehead atoms. The lowest BCUT2D eigenvalue weighted by Gasteiger charge is -1.89. The highest BCUT2D eigenvalue weighted by Gasteiger charge is 2.14. The fourth-order valence-corrected chi connectivity index (χ4v) is 0.939. The number of hydrogen-bond acceptors (Lipinski definition) is 6. The van der Waals surface area contributed by atoms with Crippen molar-refractivity contribution in [1.29, 1.82) is 0 Å². The molecule has 1 N–H and O–H groups in total. The minimum absolute atomic E-state index is 0.204. The first-order chi connectivity index (χ1) is 6.31. The fourth-order valence-electron chi connectivity index (χ4n) is 0.939. The molecule has 0 aliphatic heterocycles. The Morgan fingerprint density at radius 2 is 2.46 bits per heavy atom. The van der Waals surface area contributed by atoms with Gasteiger partial charge in [-0.05, 0) is 5.21 Å². The molecule has 0 aliphatic rings. The lowest BCUT2D eigenvalue weighted by Crippen LogP contribution is -1.92. The number of tetrazole rings is 1. The first-order valence-electron chi connectivity index (χ1n) is 3.59. The summed E-state index contributed by atoms with van der Waals surface area (Å²) < 4.78 is 5.01. The van der Waals surface area contributed by atoms with Gasteiger partial charge in [0.15, 0.2) is 6.39 Å². The van der Waals surface area contributed by atoms with Crippen LogP contribution in [0.5, 0.6) is 0 Å². The summed E-state index contributed by atoms with van der Waals surface area (Å²) in [6.45, 7) is -0.204. The number of aromatic nitrogens is 5. The van der Waals surface area contributed by atoms with E-state index >= 15 is 0 Å². The van der Waals surface area contributed by atoms with Crippen LogP contribution < -0.4 is 0 Å². The van der Waals surface area contributed by atoms with E-state index in [-0.39, 0.29) is 6.61 Å². The van der Waals surface area contributed by atoms with Crippen LogP contribution in [-0.2, 0) is 13.7 Å². The number of aryl methyl sites for hydroxylation is 1. The van der Waals surface area contributed by atoms with E-state index in [0.29, 0.717) is 17.3 Å². The summed E-state index contributed by atoms with van der Waals surface area (Å²) in [6.07, 6.45) is 1.23. The number of aliphatic hydroxyl groups is 1. The summed E-state index contributed by atoms with van der Waals surface area (Å²) in [5, 5.41) is 20.1. The van der Waals surface area contributed by atoms with Crippen LogP contribution >= 0.6 is 0 Å². The van der Waals surface area contributed by atoms with E-state index in [1.807, 2.05) is 0 Å². The Balaban J connectivity index is 2.45.